The first-order chi connectivity index (χ1) is 12.9. The summed E-state index contributed by atoms with van der Waals surface area (Å²) < 4.78 is 0. The minimum Gasteiger partial charge on any atom is -0.480 e. The molecule has 0 aliphatic carbocycles. The molecule has 12 heteroatoms. The third-order valence-electron chi connectivity index (χ3n) is 4.10. The number of nitrogens with two attached hydrogens (primary N) is 2. The summed E-state index contributed by atoms with van der Waals surface area (Å²) in [5.41, 5.74) is 10.6. The van der Waals surface area contributed by atoms with E-state index in [4.69, 9.17) is 16.6 Å². The Kier molecular flexibility index (Phi) is 11.2. The Morgan fingerprint density at radius 1 is 1.00 bits per heavy atom. The van der Waals surface area contributed by atoms with E-state index in [9.17, 15) is 24.0 Å². The Morgan fingerprint density at radius 2 is 1.57 bits per heavy atom. The number of carboxylic acid groups (broad SMARTS) is 1. The van der Waals surface area contributed by atoms with E-state index in [1.807, 2.05) is 6.92 Å². The predicted molar refractivity (Wildman–Crippen MR) is 104 cm³/mol. The zero-order chi connectivity index (χ0) is 22.0. The van der Waals surface area contributed by atoms with Crippen molar-refractivity contribution < 1.29 is 29.1 Å². The van der Waals surface area contributed by atoms with Crippen molar-refractivity contribution in [1.82, 2.24) is 16.0 Å². The number of hydrogen-bond donors (Lipinski definition) is 7. The molecule has 11 nitrogen and oxygen atoms in total. The fourth-order valence-corrected chi connectivity index (χ4v) is 2.28. The van der Waals surface area contributed by atoms with Crippen LogP contribution in [0.1, 0.15) is 33.6 Å². The summed E-state index contributed by atoms with van der Waals surface area (Å²) in [5.74, 6) is -4.49. The highest BCUT2D eigenvalue weighted by Gasteiger charge is 2.31. The lowest BCUT2D eigenvalue weighted by atomic mass is 9.97. The van der Waals surface area contributed by atoms with Crippen molar-refractivity contribution in [1.29, 1.82) is 0 Å². The number of carbonyl (C=O) groups is 5. The molecule has 160 valence electrons. The van der Waals surface area contributed by atoms with Gasteiger partial charge in [0.1, 0.15) is 18.1 Å². The van der Waals surface area contributed by atoms with Crippen LogP contribution in [0, 0.1) is 5.92 Å². The van der Waals surface area contributed by atoms with Gasteiger partial charge in [0.05, 0.1) is 12.5 Å². The van der Waals surface area contributed by atoms with Gasteiger partial charge in [-0.2, -0.15) is 12.6 Å². The second kappa shape index (κ2) is 12.2. The van der Waals surface area contributed by atoms with Gasteiger partial charge in [0.2, 0.25) is 23.6 Å². The summed E-state index contributed by atoms with van der Waals surface area (Å²) in [6.07, 6.45) is -0.0241. The van der Waals surface area contributed by atoms with Gasteiger partial charge >= 0.3 is 5.97 Å². The Bertz CT molecular complexity index is 602. The largest absolute Gasteiger partial charge is 0.480 e. The van der Waals surface area contributed by atoms with Crippen molar-refractivity contribution in [3.63, 3.8) is 0 Å². The lowest BCUT2D eigenvalue weighted by Crippen LogP contribution is -2.58. The van der Waals surface area contributed by atoms with Crippen LogP contribution in [0.2, 0.25) is 0 Å². The van der Waals surface area contributed by atoms with Crippen LogP contribution in [0.4, 0.5) is 0 Å². The second-order valence-corrected chi connectivity index (χ2v) is 6.83. The zero-order valence-electron chi connectivity index (χ0n) is 16.1. The monoisotopic (exact) mass is 419 g/mol. The molecule has 0 rings (SSSR count). The normalized spacial score (nSPS) is 16.0. The molecular weight excluding hydrogens is 390 g/mol. The minimum atomic E-state index is -1.51. The van der Waals surface area contributed by atoms with Crippen LogP contribution in [-0.4, -0.2) is 64.6 Å². The van der Waals surface area contributed by atoms with Crippen LogP contribution >= 0.6 is 12.6 Å². The molecule has 0 saturated heterocycles. The van der Waals surface area contributed by atoms with Crippen molar-refractivity contribution in [2.75, 3.05) is 5.75 Å². The highest BCUT2D eigenvalue weighted by atomic mass is 32.1. The molecule has 5 unspecified atom stereocenters. The topological polar surface area (TPSA) is 194 Å². The van der Waals surface area contributed by atoms with Gasteiger partial charge in [0.15, 0.2) is 0 Å². The fourth-order valence-electron chi connectivity index (χ4n) is 2.11. The standard InChI is InChI=1S/C16H29N5O6S/c1-4-7(2)12(21-14(24)9(17)6-28)15(25)19-8(3)13(23)20-10(16(26)27)5-11(18)22/h7-10,12,28H,4-6,17H2,1-3H3,(H2,18,22)(H,19,25)(H,20,23)(H,21,24)(H,26,27). The van der Waals surface area contributed by atoms with E-state index < -0.39 is 60.2 Å². The molecule has 0 aliphatic rings. The van der Waals surface area contributed by atoms with Gasteiger partial charge < -0.3 is 32.5 Å². The molecule has 28 heavy (non-hydrogen) atoms. The van der Waals surface area contributed by atoms with E-state index in [-0.39, 0.29) is 11.7 Å². The number of primary amides is 1. The highest BCUT2D eigenvalue weighted by Crippen LogP contribution is 2.09. The van der Waals surface area contributed by atoms with Crippen molar-refractivity contribution in [2.24, 2.45) is 17.4 Å². The van der Waals surface area contributed by atoms with E-state index in [0.717, 1.165) is 0 Å². The van der Waals surface area contributed by atoms with Crippen molar-refractivity contribution in [3.8, 4) is 0 Å². The molecule has 0 saturated carbocycles. The lowest BCUT2D eigenvalue weighted by molar-refractivity contribution is -0.143. The van der Waals surface area contributed by atoms with Gasteiger partial charge in [-0.15, -0.1) is 0 Å². The molecule has 0 aliphatic heterocycles. The van der Waals surface area contributed by atoms with Gasteiger partial charge in [0.25, 0.3) is 0 Å². The van der Waals surface area contributed by atoms with Crippen LogP contribution < -0.4 is 27.4 Å². The SMILES string of the molecule is CCC(C)C(NC(=O)C(N)CS)C(=O)NC(C)C(=O)NC(CC(N)=O)C(=O)O. The van der Waals surface area contributed by atoms with Crippen LogP contribution in [0.25, 0.3) is 0 Å². The number of amides is 4. The van der Waals surface area contributed by atoms with Crippen LogP contribution in [0.5, 0.6) is 0 Å². The van der Waals surface area contributed by atoms with E-state index in [1.54, 1.807) is 6.92 Å². The van der Waals surface area contributed by atoms with Gasteiger partial charge in [0, 0.05) is 5.75 Å². The number of thiol groups is 1. The molecule has 0 heterocycles. The van der Waals surface area contributed by atoms with Gasteiger partial charge in [-0.25, -0.2) is 4.79 Å². The minimum absolute atomic E-state index is 0.0932. The highest BCUT2D eigenvalue weighted by molar-refractivity contribution is 7.80. The van der Waals surface area contributed by atoms with E-state index >= 15 is 0 Å². The average Bonchev–Trinajstić information content (AvgIpc) is 2.62. The first-order valence-corrected chi connectivity index (χ1v) is 9.36. The summed E-state index contributed by atoms with van der Waals surface area (Å²) >= 11 is 3.94. The maximum atomic E-state index is 12.5. The van der Waals surface area contributed by atoms with Crippen molar-refractivity contribution in [2.45, 2.75) is 57.8 Å². The van der Waals surface area contributed by atoms with E-state index in [0.29, 0.717) is 6.42 Å². The summed E-state index contributed by atoms with van der Waals surface area (Å²) in [7, 11) is 0. The number of carboxylic acids is 1. The number of aliphatic carboxylic acids is 1. The zero-order valence-corrected chi connectivity index (χ0v) is 17.0. The van der Waals surface area contributed by atoms with Crippen molar-refractivity contribution in [3.05, 3.63) is 0 Å². The molecular formula is C16H29N5O6S. The summed E-state index contributed by atoms with van der Waals surface area (Å²) in [6, 6.07) is -4.47. The summed E-state index contributed by atoms with van der Waals surface area (Å²) in [6.45, 7) is 4.91. The predicted octanol–water partition coefficient (Wildman–Crippen LogP) is -2.28. The van der Waals surface area contributed by atoms with Crippen molar-refractivity contribution >= 4 is 42.2 Å². The lowest BCUT2D eigenvalue weighted by Gasteiger charge is -2.26. The van der Waals surface area contributed by atoms with Gasteiger partial charge in [-0.3, -0.25) is 19.2 Å². The number of nitrogens with one attached hydrogen (secondary N) is 3. The molecule has 5 atom stereocenters. The molecule has 0 radical (unpaired) electrons. The average molecular weight is 420 g/mol. The molecule has 0 aromatic heterocycles. The second-order valence-electron chi connectivity index (χ2n) is 6.46. The molecule has 0 bridgehead atoms. The van der Waals surface area contributed by atoms with E-state index in [2.05, 4.69) is 28.6 Å². The number of rotatable bonds is 12. The third-order valence-corrected chi connectivity index (χ3v) is 4.49. The Morgan fingerprint density at radius 3 is 2.00 bits per heavy atom. The Balaban J connectivity index is 5.08. The first kappa shape index (κ1) is 25.7. The Hall–Kier alpha value is -2.34. The quantitative estimate of drug-likeness (QED) is 0.173. The van der Waals surface area contributed by atoms with Crippen LogP contribution in [0.15, 0.2) is 0 Å². The van der Waals surface area contributed by atoms with Gasteiger partial charge in [-0.1, -0.05) is 20.3 Å². The molecule has 8 N–H and O–H groups in total. The number of hydrogen-bond acceptors (Lipinski definition) is 7. The molecule has 4 amide bonds. The van der Waals surface area contributed by atoms with Gasteiger partial charge in [-0.05, 0) is 12.8 Å². The van der Waals surface area contributed by atoms with Crippen LogP contribution in [0.3, 0.4) is 0 Å². The maximum absolute atomic E-state index is 12.5. The van der Waals surface area contributed by atoms with E-state index in [1.165, 1.54) is 6.92 Å². The third kappa shape index (κ3) is 8.57. The molecule has 0 spiro atoms. The summed E-state index contributed by atoms with van der Waals surface area (Å²) in [5, 5.41) is 16.1. The maximum Gasteiger partial charge on any atom is 0.326 e. The molecule has 0 aromatic carbocycles. The van der Waals surface area contributed by atoms with Crippen LogP contribution in [-0.2, 0) is 24.0 Å². The fraction of sp³-hybridized carbons (Fsp3) is 0.688. The molecule has 0 aromatic rings. The summed E-state index contributed by atoms with van der Waals surface area (Å²) in [4.78, 5) is 58.7. The smallest absolute Gasteiger partial charge is 0.326 e. The molecule has 0 fully saturated rings. The first-order valence-electron chi connectivity index (χ1n) is 8.73. The number of carbonyl (C=O) groups excluding carboxylic acids is 4. The Labute approximate surface area is 168 Å².